The topological polar surface area (TPSA) is 39.7 Å². The van der Waals surface area contributed by atoms with Gasteiger partial charge in [-0.3, -0.25) is 14.7 Å². The van der Waals surface area contributed by atoms with Crippen molar-refractivity contribution in [3.05, 3.63) is 30.1 Å². The molecule has 1 aliphatic heterocycles. The fourth-order valence-corrected chi connectivity index (χ4v) is 2.85. The smallest absolute Gasteiger partial charge is 0.236 e. The highest BCUT2D eigenvalue weighted by Crippen LogP contribution is 2.17. The largest absolute Gasteiger partial charge is 0.348 e. The zero-order valence-corrected chi connectivity index (χ0v) is 13.3. The SMILES string of the molecule is CN(Cc1cccnc1)C[C@@H]1CCN(CC(=O)N(C)C)C1. The second-order valence-electron chi connectivity index (χ2n) is 6.24. The Morgan fingerprint density at radius 3 is 2.90 bits per heavy atom. The van der Waals surface area contributed by atoms with Crippen LogP contribution in [0.3, 0.4) is 0 Å². The van der Waals surface area contributed by atoms with Gasteiger partial charge in [0.05, 0.1) is 6.54 Å². The van der Waals surface area contributed by atoms with E-state index in [0.29, 0.717) is 12.5 Å². The third kappa shape index (κ3) is 5.10. The molecule has 0 saturated carbocycles. The summed E-state index contributed by atoms with van der Waals surface area (Å²) in [5, 5.41) is 0. The molecule has 5 heteroatoms. The molecule has 1 fully saturated rings. The van der Waals surface area contributed by atoms with Gasteiger partial charge >= 0.3 is 0 Å². The predicted octanol–water partition coefficient (Wildman–Crippen LogP) is 0.924. The maximum absolute atomic E-state index is 11.7. The molecule has 2 heterocycles. The molecule has 0 unspecified atom stereocenters. The van der Waals surface area contributed by atoms with Gasteiger partial charge in [0, 0.05) is 46.1 Å². The highest BCUT2D eigenvalue weighted by Gasteiger charge is 2.25. The van der Waals surface area contributed by atoms with Crippen LogP contribution in [0.15, 0.2) is 24.5 Å². The first-order chi connectivity index (χ1) is 10.0. The highest BCUT2D eigenvalue weighted by atomic mass is 16.2. The Labute approximate surface area is 127 Å². The van der Waals surface area contributed by atoms with Gasteiger partial charge < -0.3 is 9.80 Å². The number of rotatable bonds is 6. The molecule has 116 valence electrons. The van der Waals surface area contributed by atoms with E-state index in [4.69, 9.17) is 0 Å². The van der Waals surface area contributed by atoms with Crippen LogP contribution in [0.5, 0.6) is 0 Å². The molecule has 5 nitrogen and oxygen atoms in total. The molecule has 21 heavy (non-hydrogen) atoms. The lowest BCUT2D eigenvalue weighted by atomic mass is 10.1. The quantitative estimate of drug-likeness (QED) is 0.781. The van der Waals surface area contributed by atoms with E-state index in [-0.39, 0.29) is 5.91 Å². The number of nitrogens with zero attached hydrogens (tertiary/aromatic N) is 4. The summed E-state index contributed by atoms with van der Waals surface area (Å²) >= 11 is 0. The van der Waals surface area contributed by atoms with Crippen LogP contribution < -0.4 is 0 Å². The standard InChI is InChI=1S/C16H26N4O/c1-18(2)16(21)13-20-8-6-15(12-20)11-19(3)10-14-5-4-7-17-9-14/h4-5,7,9,15H,6,8,10-13H2,1-3H3/t15-/m0/s1. The van der Waals surface area contributed by atoms with Gasteiger partial charge in [-0.1, -0.05) is 6.07 Å². The van der Waals surface area contributed by atoms with Crippen molar-refractivity contribution in [2.75, 3.05) is 47.3 Å². The summed E-state index contributed by atoms with van der Waals surface area (Å²) in [5.41, 5.74) is 1.25. The van der Waals surface area contributed by atoms with E-state index in [1.165, 1.54) is 12.0 Å². The fraction of sp³-hybridized carbons (Fsp3) is 0.625. The van der Waals surface area contributed by atoms with Crippen LogP contribution in [-0.2, 0) is 11.3 Å². The zero-order valence-electron chi connectivity index (χ0n) is 13.3. The molecule has 2 rings (SSSR count). The van der Waals surface area contributed by atoms with E-state index in [0.717, 1.165) is 26.2 Å². The van der Waals surface area contributed by atoms with Crippen molar-refractivity contribution < 1.29 is 4.79 Å². The molecule has 1 amide bonds. The van der Waals surface area contributed by atoms with E-state index in [1.807, 2.05) is 26.4 Å². The Kier molecular flexibility index (Phi) is 5.70. The van der Waals surface area contributed by atoms with E-state index in [2.05, 4.69) is 27.9 Å². The van der Waals surface area contributed by atoms with Gasteiger partial charge in [-0.05, 0) is 37.6 Å². The molecule has 1 saturated heterocycles. The van der Waals surface area contributed by atoms with Crippen molar-refractivity contribution in [2.45, 2.75) is 13.0 Å². The Bertz CT molecular complexity index is 449. The number of amides is 1. The average Bonchev–Trinajstić information content (AvgIpc) is 2.86. The number of likely N-dealkylation sites (tertiary alicyclic amines) is 1. The first-order valence-electron chi connectivity index (χ1n) is 7.54. The monoisotopic (exact) mass is 290 g/mol. The summed E-state index contributed by atoms with van der Waals surface area (Å²) < 4.78 is 0. The lowest BCUT2D eigenvalue weighted by molar-refractivity contribution is -0.129. The third-order valence-corrected chi connectivity index (χ3v) is 3.97. The Hall–Kier alpha value is -1.46. The number of carbonyl (C=O) groups excluding carboxylic acids is 1. The van der Waals surface area contributed by atoms with Crippen LogP contribution in [0.25, 0.3) is 0 Å². The van der Waals surface area contributed by atoms with Gasteiger partial charge in [0.25, 0.3) is 0 Å². The summed E-state index contributed by atoms with van der Waals surface area (Å²) in [7, 11) is 5.79. The Morgan fingerprint density at radius 2 is 2.24 bits per heavy atom. The molecule has 1 atom stereocenters. The Balaban J connectivity index is 1.73. The minimum Gasteiger partial charge on any atom is -0.348 e. The Morgan fingerprint density at radius 1 is 1.43 bits per heavy atom. The fourth-order valence-electron chi connectivity index (χ4n) is 2.85. The first-order valence-corrected chi connectivity index (χ1v) is 7.54. The summed E-state index contributed by atoms with van der Waals surface area (Å²) in [6.45, 7) is 4.61. The van der Waals surface area contributed by atoms with E-state index in [9.17, 15) is 4.79 Å². The van der Waals surface area contributed by atoms with Crippen molar-refractivity contribution in [1.29, 1.82) is 0 Å². The summed E-state index contributed by atoms with van der Waals surface area (Å²) in [5.74, 6) is 0.848. The third-order valence-electron chi connectivity index (χ3n) is 3.97. The maximum atomic E-state index is 11.7. The number of pyridine rings is 1. The van der Waals surface area contributed by atoms with Gasteiger partial charge in [0.2, 0.25) is 5.91 Å². The average molecular weight is 290 g/mol. The van der Waals surface area contributed by atoms with E-state index in [1.54, 1.807) is 11.1 Å². The number of likely N-dealkylation sites (N-methyl/N-ethyl adjacent to an activating group) is 1. The zero-order chi connectivity index (χ0) is 15.2. The molecule has 0 N–H and O–H groups in total. The minimum absolute atomic E-state index is 0.194. The lowest BCUT2D eigenvalue weighted by Gasteiger charge is -2.22. The van der Waals surface area contributed by atoms with Gasteiger partial charge in [-0.15, -0.1) is 0 Å². The summed E-state index contributed by atoms with van der Waals surface area (Å²) in [6.07, 6.45) is 4.91. The normalized spacial score (nSPS) is 19.1. The molecular formula is C16H26N4O. The summed E-state index contributed by atoms with van der Waals surface area (Å²) in [6, 6.07) is 4.09. The minimum atomic E-state index is 0.194. The highest BCUT2D eigenvalue weighted by molar-refractivity contribution is 5.77. The van der Waals surface area contributed by atoms with E-state index >= 15 is 0 Å². The van der Waals surface area contributed by atoms with Crippen LogP contribution in [0.1, 0.15) is 12.0 Å². The van der Waals surface area contributed by atoms with E-state index < -0.39 is 0 Å². The molecule has 0 spiro atoms. The number of hydrogen-bond donors (Lipinski definition) is 0. The van der Waals surface area contributed by atoms with Crippen LogP contribution in [-0.4, -0.2) is 72.9 Å². The summed E-state index contributed by atoms with van der Waals surface area (Å²) in [4.78, 5) is 22.2. The number of hydrogen-bond acceptors (Lipinski definition) is 4. The first kappa shape index (κ1) is 15.9. The van der Waals surface area contributed by atoms with Crippen molar-refractivity contribution >= 4 is 5.91 Å². The molecule has 1 aromatic heterocycles. The molecule has 0 radical (unpaired) electrons. The van der Waals surface area contributed by atoms with Gasteiger partial charge in [-0.2, -0.15) is 0 Å². The lowest BCUT2D eigenvalue weighted by Crippen LogP contribution is -2.36. The number of aromatic nitrogens is 1. The molecule has 1 aliphatic rings. The van der Waals surface area contributed by atoms with Crippen molar-refractivity contribution in [2.24, 2.45) is 5.92 Å². The molecule has 1 aromatic rings. The molecular weight excluding hydrogens is 264 g/mol. The molecule has 0 bridgehead atoms. The molecule has 0 aliphatic carbocycles. The van der Waals surface area contributed by atoms with Gasteiger partial charge in [0.1, 0.15) is 0 Å². The predicted molar refractivity (Wildman–Crippen MR) is 83.8 cm³/mol. The van der Waals surface area contributed by atoms with Crippen LogP contribution in [0, 0.1) is 5.92 Å². The van der Waals surface area contributed by atoms with Crippen LogP contribution in [0.2, 0.25) is 0 Å². The van der Waals surface area contributed by atoms with Gasteiger partial charge in [0.15, 0.2) is 0 Å². The van der Waals surface area contributed by atoms with Crippen LogP contribution in [0.4, 0.5) is 0 Å². The molecule has 0 aromatic carbocycles. The van der Waals surface area contributed by atoms with Gasteiger partial charge in [-0.25, -0.2) is 0 Å². The second-order valence-corrected chi connectivity index (χ2v) is 6.24. The van der Waals surface area contributed by atoms with Crippen LogP contribution >= 0.6 is 0 Å². The van der Waals surface area contributed by atoms with Crippen molar-refractivity contribution in [3.8, 4) is 0 Å². The van der Waals surface area contributed by atoms with Crippen molar-refractivity contribution in [3.63, 3.8) is 0 Å². The van der Waals surface area contributed by atoms with Crippen molar-refractivity contribution in [1.82, 2.24) is 19.7 Å². The second kappa shape index (κ2) is 7.52. The number of carbonyl (C=O) groups is 1. The maximum Gasteiger partial charge on any atom is 0.236 e.